The first-order chi connectivity index (χ1) is 15.0. The summed E-state index contributed by atoms with van der Waals surface area (Å²) in [6.07, 6.45) is 1.67. The van der Waals surface area contributed by atoms with Crippen LogP contribution in [0.5, 0.6) is 0 Å². The lowest BCUT2D eigenvalue weighted by atomic mass is 10.1. The van der Waals surface area contributed by atoms with Crippen LogP contribution in [0.3, 0.4) is 0 Å². The zero-order chi connectivity index (χ0) is 22.2. The van der Waals surface area contributed by atoms with Gasteiger partial charge in [-0.3, -0.25) is 4.79 Å². The summed E-state index contributed by atoms with van der Waals surface area (Å²) in [6, 6.07) is 8.39. The van der Waals surface area contributed by atoms with Crippen LogP contribution in [0.4, 0.5) is 0 Å². The Hall–Kier alpha value is -2.45. The standard InChI is InChI=1S/C23H33N5O2S/c1-5-24-23(27(3)15-20-16-31-22(26-20)17(2)30-4)25-13-18-8-10-19(11-9-18)14-28-12-6-7-21(28)29/h8-11,16-17H,5-7,12-15H2,1-4H3,(H,24,25). The van der Waals surface area contributed by atoms with Crippen molar-refractivity contribution in [2.45, 2.75) is 52.4 Å². The van der Waals surface area contributed by atoms with E-state index in [1.54, 1.807) is 18.4 Å². The van der Waals surface area contributed by atoms with Crippen LogP contribution in [0.2, 0.25) is 0 Å². The smallest absolute Gasteiger partial charge is 0.222 e. The van der Waals surface area contributed by atoms with Crippen LogP contribution in [0.1, 0.15) is 54.6 Å². The fourth-order valence-electron chi connectivity index (χ4n) is 3.48. The zero-order valence-electron chi connectivity index (χ0n) is 18.9. The molecule has 7 nitrogen and oxygen atoms in total. The van der Waals surface area contributed by atoms with Crippen molar-refractivity contribution in [2.75, 3.05) is 27.2 Å². The molecule has 31 heavy (non-hydrogen) atoms. The lowest BCUT2D eigenvalue weighted by molar-refractivity contribution is -0.128. The molecule has 1 atom stereocenters. The number of aliphatic imine (C=N–C) groups is 1. The topological polar surface area (TPSA) is 70.1 Å². The average Bonchev–Trinajstić information content (AvgIpc) is 3.40. The van der Waals surface area contributed by atoms with Gasteiger partial charge in [-0.1, -0.05) is 24.3 Å². The van der Waals surface area contributed by atoms with Crippen LogP contribution < -0.4 is 5.32 Å². The second-order valence-corrected chi connectivity index (χ2v) is 8.71. The number of thiazole rings is 1. The highest BCUT2D eigenvalue weighted by Gasteiger charge is 2.19. The Labute approximate surface area is 189 Å². The Morgan fingerprint density at radius 2 is 2.10 bits per heavy atom. The number of carbonyl (C=O) groups excluding carboxylic acids is 1. The third-order valence-corrected chi connectivity index (χ3v) is 6.40. The molecule has 1 aromatic carbocycles. The van der Waals surface area contributed by atoms with E-state index in [-0.39, 0.29) is 12.0 Å². The molecule has 1 saturated heterocycles. The van der Waals surface area contributed by atoms with Crippen molar-refractivity contribution < 1.29 is 9.53 Å². The molecular weight excluding hydrogens is 410 g/mol. The minimum absolute atomic E-state index is 0.0116. The van der Waals surface area contributed by atoms with E-state index in [4.69, 9.17) is 9.73 Å². The Bertz CT molecular complexity index is 880. The number of rotatable bonds is 9. The number of benzene rings is 1. The Kier molecular flexibility index (Phi) is 8.43. The van der Waals surface area contributed by atoms with Crippen LogP contribution in [-0.4, -0.2) is 53.9 Å². The second kappa shape index (κ2) is 11.2. The number of hydrogen-bond donors (Lipinski definition) is 1. The first-order valence-corrected chi connectivity index (χ1v) is 11.7. The number of methoxy groups -OCH3 is 1. The Morgan fingerprint density at radius 3 is 2.74 bits per heavy atom. The molecule has 1 aliphatic rings. The van der Waals surface area contributed by atoms with E-state index in [0.717, 1.165) is 47.3 Å². The maximum atomic E-state index is 11.8. The quantitative estimate of drug-likeness (QED) is 0.474. The second-order valence-electron chi connectivity index (χ2n) is 7.82. The highest BCUT2D eigenvalue weighted by atomic mass is 32.1. The van der Waals surface area contributed by atoms with E-state index in [0.29, 0.717) is 26.1 Å². The van der Waals surface area contributed by atoms with E-state index in [2.05, 4.69) is 51.8 Å². The number of hydrogen-bond acceptors (Lipinski definition) is 5. The number of amides is 1. The molecule has 1 N–H and O–H groups in total. The lowest BCUT2D eigenvalue weighted by Gasteiger charge is -2.21. The van der Waals surface area contributed by atoms with Gasteiger partial charge in [-0.2, -0.15) is 0 Å². The summed E-state index contributed by atoms with van der Waals surface area (Å²) in [5.74, 6) is 1.11. The molecule has 0 spiro atoms. The molecule has 1 unspecified atom stereocenters. The summed E-state index contributed by atoms with van der Waals surface area (Å²) >= 11 is 1.62. The Balaban J connectivity index is 1.59. The van der Waals surface area contributed by atoms with Gasteiger partial charge in [0.05, 0.1) is 18.8 Å². The average molecular weight is 444 g/mol. The highest BCUT2D eigenvalue weighted by molar-refractivity contribution is 7.09. The molecule has 1 amide bonds. The van der Waals surface area contributed by atoms with E-state index in [1.165, 1.54) is 0 Å². The van der Waals surface area contributed by atoms with Gasteiger partial charge >= 0.3 is 0 Å². The highest BCUT2D eigenvalue weighted by Crippen LogP contribution is 2.21. The maximum absolute atomic E-state index is 11.8. The number of ether oxygens (including phenoxy) is 1. The molecule has 8 heteroatoms. The number of nitrogens with one attached hydrogen (secondary N) is 1. The normalized spacial score (nSPS) is 15.4. The van der Waals surface area contributed by atoms with Crippen molar-refractivity contribution in [3.8, 4) is 0 Å². The fraction of sp³-hybridized carbons (Fsp3) is 0.522. The predicted octanol–water partition coefficient (Wildman–Crippen LogP) is 3.57. The molecule has 1 aliphatic heterocycles. The number of carbonyl (C=O) groups is 1. The van der Waals surface area contributed by atoms with Crippen LogP contribution in [-0.2, 0) is 29.2 Å². The van der Waals surface area contributed by atoms with Crippen LogP contribution in [0.15, 0.2) is 34.6 Å². The van der Waals surface area contributed by atoms with Crippen molar-refractivity contribution in [2.24, 2.45) is 4.99 Å². The van der Waals surface area contributed by atoms with Crippen molar-refractivity contribution in [1.29, 1.82) is 0 Å². The van der Waals surface area contributed by atoms with Gasteiger partial charge in [0.15, 0.2) is 5.96 Å². The van der Waals surface area contributed by atoms with Gasteiger partial charge < -0.3 is 19.9 Å². The lowest BCUT2D eigenvalue weighted by Crippen LogP contribution is -2.38. The number of nitrogens with zero attached hydrogens (tertiary/aromatic N) is 4. The summed E-state index contributed by atoms with van der Waals surface area (Å²) < 4.78 is 5.36. The van der Waals surface area contributed by atoms with Crippen LogP contribution in [0, 0.1) is 0 Å². The van der Waals surface area contributed by atoms with Gasteiger partial charge in [-0.15, -0.1) is 11.3 Å². The van der Waals surface area contributed by atoms with E-state index in [1.807, 2.05) is 18.9 Å². The summed E-state index contributed by atoms with van der Waals surface area (Å²) in [5.41, 5.74) is 3.32. The summed E-state index contributed by atoms with van der Waals surface area (Å²) in [5, 5.41) is 6.43. The predicted molar refractivity (Wildman–Crippen MR) is 125 cm³/mol. The molecule has 2 heterocycles. The molecule has 3 rings (SSSR count). The van der Waals surface area contributed by atoms with E-state index in [9.17, 15) is 4.79 Å². The van der Waals surface area contributed by atoms with Crippen LogP contribution >= 0.6 is 11.3 Å². The van der Waals surface area contributed by atoms with E-state index >= 15 is 0 Å². The van der Waals surface area contributed by atoms with Gasteiger partial charge in [0.1, 0.15) is 11.1 Å². The molecule has 1 aromatic heterocycles. The molecule has 0 saturated carbocycles. The van der Waals surface area contributed by atoms with Gasteiger partial charge in [-0.25, -0.2) is 9.98 Å². The summed E-state index contributed by atoms with van der Waals surface area (Å²) in [7, 11) is 3.72. The monoisotopic (exact) mass is 443 g/mol. The molecule has 0 radical (unpaired) electrons. The minimum atomic E-state index is 0.0116. The number of likely N-dealkylation sites (tertiary alicyclic amines) is 1. The van der Waals surface area contributed by atoms with E-state index < -0.39 is 0 Å². The van der Waals surface area contributed by atoms with Crippen molar-refractivity contribution in [3.63, 3.8) is 0 Å². The first-order valence-electron chi connectivity index (χ1n) is 10.8. The van der Waals surface area contributed by atoms with Gasteiger partial charge in [-0.05, 0) is 31.4 Å². The first kappa shape index (κ1) is 23.2. The summed E-state index contributed by atoms with van der Waals surface area (Å²) in [4.78, 5) is 25.3. The maximum Gasteiger partial charge on any atom is 0.222 e. The number of aromatic nitrogens is 1. The number of guanidine groups is 1. The summed E-state index contributed by atoms with van der Waals surface area (Å²) in [6.45, 7) is 7.72. The van der Waals surface area contributed by atoms with Crippen LogP contribution in [0.25, 0.3) is 0 Å². The molecule has 2 aromatic rings. The molecule has 0 bridgehead atoms. The third-order valence-electron chi connectivity index (χ3n) is 5.35. The zero-order valence-corrected chi connectivity index (χ0v) is 19.7. The largest absolute Gasteiger partial charge is 0.375 e. The fourth-order valence-corrected chi connectivity index (χ4v) is 4.32. The van der Waals surface area contributed by atoms with Gasteiger partial charge in [0.2, 0.25) is 5.91 Å². The Morgan fingerprint density at radius 1 is 1.35 bits per heavy atom. The van der Waals surface area contributed by atoms with Crippen molar-refractivity contribution in [1.82, 2.24) is 20.1 Å². The van der Waals surface area contributed by atoms with Gasteiger partial charge in [0.25, 0.3) is 0 Å². The molecule has 168 valence electrons. The SMILES string of the molecule is CCNC(=NCc1ccc(CN2CCCC2=O)cc1)N(C)Cc1csc(C(C)OC)n1. The minimum Gasteiger partial charge on any atom is -0.375 e. The molecule has 1 fully saturated rings. The van der Waals surface area contributed by atoms with Crippen molar-refractivity contribution >= 4 is 23.2 Å². The van der Waals surface area contributed by atoms with Crippen molar-refractivity contribution in [3.05, 3.63) is 51.5 Å². The molecular formula is C23H33N5O2S. The molecule has 0 aliphatic carbocycles. The third kappa shape index (κ3) is 6.51. The van der Waals surface area contributed by atoms with Gasteiger partial charge in [0, 0.05) is 45.6 Å².